The lowest BCUT2D eigenvalue weighted by molar-refractivity contribution is 0.303. The van der Waals surface area contributed by atoms with Gasteiger partial charge in [0.1, 0.15) is 5.75 Å². The Hall–Kier alpha value is -1.33. The Kier molecular flexibility index (Phi) is 6.23. The first-order valence-electron chi connectivity index (χ1n) is 6.74. The smallest absolute Gasteiger partial charge is 0.238 e. The predicted octanol–water partition coefficient (Wildman–Crippen LogP) is 3.08. The summed E-state index contributed by atoms with van der Waals surface area (Å²) >= 11 is 0. The Morgan fingerprint density at radius 3 is 2.50 bits per heavy atom. The summed E-state index contributed by atoms with van der Waals surface area (Å²) in [5.41, 5.74) is 1.39. The summed E-state index contributed by atoms with van der Waals surface area (Å²) in [7, 11) is -3.67. The number of ether oxygens (including phenoxy) is 1. The number of primary sulfonamides is 1. The third-order valence-electron chi connectivity index (χ3n) is 3.09. The summed E-state index contributed by atoms with van der Waals surface area (Å²) in [4.78, 5) is 0.160. The number of sulfonamides is 1. The molecule has 5 heteroatoms. The van der Waals surface area contributed by atoms with Crippen LogP contribution in [0.3, 0.4) is 0 Å². The summed E-state index contributed by atoms with van der Waals surface area (Å²) < 4.78 is 28.5. The van der Waals surface area contributed by atoms with E-state index in [1.54, 1.807) is 19.1 Å². The number of hydrogen-bond donors (Lipinski definition) is 1. The lowest BCUT2D eigenvalue weighted by Crippen LogP contribution is -2.14. The molecule has 0 fully saturated rings. The average molecular weight is 297 g/mol. The van der Waals surface area contributed by atoms with Gasteiger partial charge in [0.05, 0.1) is 11.5 Å². The molecule has 112 valence electrons. The van der Waals surface area contributed by atoms with Gasteiger partial charge in [-0.25, -0.2) is 13.6 Å². The second kappa shape index (κ2) is 7.45. The van der Waals surface area contributed by atoms with Crippen LogP contribution in [0.4, 0.5) is 0 Å². The van der Waals surface area contributed by atoms with E-state index in [4.69, 9.17) is 9.88 Å². The molecule has 20 heavy (non-hydrogen) atoms. The molecule has 1 aromatic carbocycles. The fraction of sp³-hybridized carbons (Fsp3) is 0.467. The first kappa shape index (κ1) is 16.7. The number of unbranched alkanes of at least 4 members (excludes halogenated alkanes) is 3. The van der Waals surface area contributed by atoms with Crippen LogP contribution < -0.4 is 9.88 Å². The van der Waals surface area contributed by atoms with Gasteiger partial charge in [0.25, 0.3) is 0 Å². The Bertz CT molecular complexity index is 565. The molecule has 4 nitrogen and oxygen atoms in total. The zero-order chi connectivity index (χ0) is 15.2. The molecule has 1 rings (SSSR count). The fourth-order valence-corrected chi connectivity index (χ4v) is 2.82. The molecule has 2 N–H and O–H groups in total. The van der Waals surface area contributed by atoms with Gasteiger partial charge >= 0.3 is 0 Å². The van der Waals surface area contributed by atoms with E-state index in [0.29, 0.717) is 12.2 Å². The Balaban J connectivity index is 2.64. The van der Waals surface area contributed by atoms with Crippen molar-refractivity contribution in [2.75, 3.05) is 6.61 Å². The van der Waals surface area contributed by atoms with Crippen molar-refractivity contribution in [1.29, 1.82) is 0 Å². The van der Waals surface area contributed by atoms with E-state index in [-0.39, 0.29) is 4.90 Å². The largest absolute Gasteiger partial charge is 0.493 e. The first-order chi connectivity index (χ1) is 9.36. The van der Waals surface area contributed by atoms with Crippen LogP contribution in [0.1, 0.15) is 36.8 Å². The molecule has 0 spiro atoms. The summed E-state index contributed by atoms with van der Waals surface area (Å²) in [6, 6.07) is 3.30. The van der Waals surface area contributed by atoms with E-state index >= 15 is 0 Å². The highest BCUT2D eigenvalue weighted by Crippen LogP contribution is 2.25. The molecule has 0 aliphatic heterocycles. The minimum atomic E-state index is -3.67. The fourth-order valence-electron chi connectivity index (χ4n) is 1.97. The summed E-state index contributed by atoms with van der Waals surface area (Å²) in [5, 5.41) is 5.17. The van der Waals surface area contributed by atoms with Crippen molar-refractivity contribution in [3.63, 3.8) is 0 Å². The Morgan fingerprint density at radius 2 is 1.90 bits per heavy atom. The lowest BCUT2D eigenvalue weighted by atomic mass is 10.1. The normalized spacial score (nSPS) is 11.3. The molecule has 0 radical (unpaired) electrons. The number of rotatable bonds is 8. The highest BCUT2D eigenvalue weighted by molar-refractivity contribution is 7.89. The molecule has 0 aromatic heterocycles. The van der Waals surface area contributed by atoms with Gasteiger partial charge in [-0.05, 0) is 62.8 Å². The van der Waals surface area contributed by atoms with Gasteiger partial charge in [-0.15, -0.1) is 6.58 Å². The van der Waals surface area contributed by atoms with Crippen LogP contribution in [0.2, 0.25) is 0 Å². The van der Waals surface area contributed by atoms with Crippen LogP contribution in [0.5, 0.6) is 5.75 Å². The predicted molar refractivity (Wildman–Crippen MR) is 81.4 cm³/mol. The molecular formula is C15H23NO3S. The molecule has 0 heterocycles. The number of hydrogen-bond acceptors (Lipinski definition) is 3. The van der Waals surface area contributed by atoms with Crippen LogP contribution in [0.15, 0.2) is 29.7 Å². The number of nitrogens with two attached hydrogens (primary N) is 1. The topological polar surface area (TPSA) is 69.4 Å². The molecule has 0 bridgehead atoms. The van der Waals surface area contributed by atoms with Gasteiger partial charge in [0, 0.05) is 0 Å². The molecule has 0 saturated heterocycles. The summed E-state index contributed by atoms with van der Waals surface area (Å²) in [6.07, 6.45) is 6.14. The molecule has 0 amide bonds. The molecule has 0 unspecified atom stereocenters. The van der Waals surface area contributed by atoms with Crippen molar-refractivity contribution in [2.24, 2.45) is 5.14 Å². The van der Waals surface area contributed by atoms with Crippen molar-refractivity contribution in [3.05, 3.63) is 35.9 Å². The second-order valence-corrected chi connectivity index (χ2v) is 6.44. The van der Waals surface area contributed by atoms with Crippen molar-refractivity contribution in [2.45, 2.75) is 44.4 Å². The van der Waals surface area contributed by atoms with E-state index in [0.717, 1.165) is 37.0 Å². The molecule has 0 aliphatic rings. The Labute approximate surface area is 121 Å². The number of benzene rings is 1. The van der Waals surface area contributed by atoms with E-state index < -0.39 is 10.0 Å². The maximum atomic E-state index is 11.4. The SMILES string of the molecule is C=CCCCCCOc1cc(C)c(S(N)(=O)=O)cc1C. The van der Waals surface area contributed by atoms with E-state index in [2.05, 4.69) is 6.58 Å². The van der Waals surface area contributed by atoms with E-state index in [9.17, 15) is 8.42 Å². The summed E-state index contributed by atoms with van der Waals surface area (Å²) in [5.74, 6) is 0.721. The monoisotopic (exact) mass is 297 g/mol. The number of aryl methyl sites for hydroxylation is 2. The van der Waals surface area contributed by atoms with Crippen molar-refractivity contribution < 1.29 is 13.2 Å². The third-order valence-corrected chi connectivity index (χ3v) is 4.14. The van der Waals surface area contributed by atoms with Gasteiger partial charge in [-0.1, -0.05) is 6.08 Å². The zero-order valence-corrected chi connectivity index (χ0v) is 13.0. The van der Waals surface area contributed by atoms with Crippen LogP contribution in [0, 0.1) is 13.8 Å². The number of allylic oxidation sites excluding steroid dienone is 1. The lowest BCUT2D eigenvalue weighted by Gasteiger charge is -2.12. The van der Waals surface area contributed by atoms with Crippen molar-refractivity contribution in [1.82, 2.24) is 0 Å². The maximum absolute atomic E-state index is 11.4. The van der Waals surface area contributed by atoms with Gasteiger partial charge in [-0.3, -0.25) is 0 Å². The van der Waals surface area contributed by atoms with Gasteiger partial charge in [0.15, 0.2) is 0 Å². The quantitative estimate of drug-likeness (QED) is 0.592. The maximum Gasteiger partial charge on any atom is 0.238 e. The van der Waals surface area contributed by atoms with Crippen molar-refractivity contribution >= 4 is 10.0 Å². The minimum absolute atomic E-state index is 0.160. The minimum Gasteiger partial charge on any atom is -0.493 e. The van der Waals surface area contributed by atoms with E-state index in [1.165, 1.54) is 0 Å². The first-order valence-corrected chi connectivity index (χ1v) is 8.28. The van der Waals surface area contributed by atoms with Gasteiger partial charge < -0.3 is 4.74 Å². The molecule has 0 saturated carbocycles. The highest BCUT2D eigenvalue weighted by atomic mass is 32.2. The average Bonchev–Trinajstić information content (AvgIpc) is 2.35. The summed E-state index contributed by atoms with van der Waals surface area (Å²) in [6.45, 7) is 7.85. The molecule has 0 aliphatic carbocycles. The van der Waals surface area contributed by atoms with Crippen LogP contribution >= 0.6 is 0 Å². The van der Waals surface area contributed by atoms with Crippen LogP contribution in [-0.2, 0) is 10.0 Å². The van der Waals surface area contributed by atoms with Crippen molar-refractivity contribution in [3.8, 4) is 5.75 Å². The zero-order valence-electron chi connectivity index (χ0n) is 12.2. The Morgan fingerprint density at radius 1 is 1.20 bits per heavy atom. The highest BCUT2D eigenvalue weighted by Gasteiger charge is 2.14. The standard InChI is InChI=1S/C15H23NO3S/c1-4-5-6-7-8-9-19-14-10-13(3)15(11-12(14)2)20(16,17)18/h4,10-11H,1,5-9H2,2-3H3,(H2,16,17,18). The molecule has 1 aromatic rings. The van der Waals surface area contributed by atoms with Gasteiger partial charge in [0.2, 0.25) is 10.0 Å². The van der Waals surface area contributed by atoms with E-state index in [1.807, 2.05) is 13.0 Å². The molecule has 0 atom stereocenters. The second-order valence-electron chi connectivity index (χ2n) is 4.91. The van der Waals surface area contributed by atoms with Crippen LogP contribution in [0.25, 0.3) is 0 Å². The molecular weight excluding hydrogens is 274 g/mol. The van der Waals surface area contributed by atoms with Crippen LogP contribution in [-0.4, -0.2) is 15.0 Å². The van der Waals surface area contributed by atoms with Gasteiger partial charge in [-0.2, -0.15) is 0 Å². The third kappa shape index (κ3) is 4.98.